The third kappa shape index (κ3) is 2.31. The minimum atomic E-state index is -0.202. The highest BCUT2D eigenvalue weighted by atomic mass is 16.3. The average molecular weight is 235 g/mol. The molecule has 94 valence electrons. The first-order valence-corrected chi connectivity index (χ1v) is 6.14. The quantitative estimate of drug-likeness (QED) is 0.753. The molecule has 1 saturated carbocycles. The fourth-order valence-corrected chi connectivity index (χ4v) is 2.35. The molecule has 17 heavy (non-hydrogen) atoms. The van der Waals surface area contributed by atoms with Gasteiger partial charge in [0.1, 0.15) is 5.75 Å². The zero-order chi connectivity index (χ0) is 12.6. The van der Waals surface area contributed by atoms with Gasteiger partial charge in [-0.3, -0.25) is 0 Å². The van der Waals surface area contributed by atoms with Crippen molar-refractivity contribution in [1.82, 2.24) is 5.32 Å². The van der Waals surface area contributed by atoms with Crippen LogP contribution in [-0.2, 0) is 0 Å². The number of nitrogens with one attached hydrogen (secondary N) is 1. The lowest BCUT2D eigenvalue weighted by molar-refractivity contribution is -0.0754. The van der Waals surface area contributed by atoms with E-state index in [2.05, 4.69) is 26.1 Å². The Hall–Kier alpha value is -1.06. The molecule has 0 radical (unpaired) electrons. The third-order valence-corrected chi connectivity index (χ3v) is 4.06. The van der Waals surface area contributed by atoms with Crippen LogP contribution in [0.1, 0.15) is 38.8 Å². The van der Waals surface area contributed by atoms with E-state index in [1.807, 2.05) is 12.1 Å². The lowest BCUT2D eigenvalue weighted by atomic mass is 9.64. The summed E-state index contributed by atoms with van der Waals surface area (Å²) in [4.78, 5) is 0. The second-order valence-corrected chi connectivity index (χ2v) is 5.61. The van der Waals surface area contributed by atoms with Gasteiger partial charge in [0.25, 0.3) is 0 Å². The van der Waals surface area contributed by atoms with Gasteiger partial charge in [-0.2, -0.15) is 0 Å². The number of rotatable bonds is 3. The molecular formula is C14H21NO2. The van der Waals surface area contributed by atoms with Crippen LogP contribution in [0.4, 0.5) is 0 Å². The number of hydrogen-bond acceptors (Lipinski definition) is 3. The number of benzene rings is 1. The Morgan fingerprint density at radius 3 is 2.35 bits per heavy atom. The number of aromatic hydroxyl groups is 1. The van der Waals surface area contributed by atoms with Crippen molar-refractivity contribution in [2.75, 3.05) is 0 Å². The van der Waals surface area contributed by atoms with E-state index in [9.17, 15) is 10.2 Å². The third-order valence-electron chi connectivity index (χ3n) is 4.06. The molecule has 1 aromatic rings. The lowest BCUT2D eigenvalue weighted by Gasteiger charge is -2.50. The summed E-state index contributed by atoms with van der Waals surface area (Å²) in [7, 11) is 0. The van der Waals surface area contributed by atoms with Gasteiger partial charge in [-0.15, -0.1) is 0 Å². The molecule has 0 amide bonds. The summed E-state index contributed by atoms with van der Waals surface area (Å²) in [5.41, 5.74) is 1.10. The van der Waals surface area contributed by atoms with E-state index in [4.69, 9.17) is 0 Å². The Balaban J connectivity index is 1.98. The maximum atomic E-state index is 9.69. The number of aliphatic hydroxyl groups is 1. The average Bonchev–Trinajstić information content (AvgIpc) is 2.29. The van der Waals surface area contributed by atoms with Crippen molar-refractivity contribution in [1.29, 1.82) is 0 Å². The Morgan fingerprint density at radius 1 is 1.29 bits per heavy atom. The van der Waals surface area contributed by atoms with Gasteiger partial charge in [-0.1, -0.05) is 26.0 Å². The van der Waals surface area contributed by atoms with E-state index >= 15 is 0 Å². The van der Waals surface area contributed by atoms with E-state index in [0.29, 0.717) is 11.8 Å². The largest absolute Gasteiger partial charge is 0.508 e. The van der Waals surface area contributed by atoms with Crippen molar-refractivity contribution in [3.05, 3.63) is 29.8 Å². The Kier molecular flexibility index (Phi) is 3.15. The molecule has 1 aliphatic rings. The summed E-state index contributed by atoms with van der Waals surface area (Å²) >= 11 is 0. The zero-order valence-corrected chi connectivity index (χ0v) is 10.6. The van der Waals surface area contributed by atoms with Crippen molar-refractivity contribution in [3.8, 4) is 5.75 Å². The highest BCUT2D eigenvalue weighted by Gasteiger charge is 2.47. The van der Waals surface area contributed by atoms with Gasteiger partial charge >= 0.3 is 0 Å². The van der Waals surface area contributed by atoms with Crippen molar-refractivity contribution in [3.63, 3.8) is 0 Å². The van der Waals surface area contributed by atoms with Crippen LogP contribution in [-0.4, -0.2) is 22.4 Å². The van der Waals surface area contributed by atoms with Gasteiger partial charge in [0.05, 0.1) is 6.10 Å². The molecule has 1 aliphatic carbocycles. The zero-order valence-electron chi connectivity index (χ0n) is 10.6. The predicted molar refractivity (Wildman–Crippen MR) is 67.9 cm³/mol. The molecule has 3 heteroatoms. The van der Waals surface area contributed by atoms with Crippen LogP contribution in [0, 0.1) is 5.41 Å². The van der Waals surface area contributed by atoms with Gasteiger partial charge < -0.3 is 15.5 Å². The fraction of sp³-hybridized carbons (Fsp3) is 0.571. The first-order chi connectivity index (χ1) is 7.91. The molecule has 2 rings (SSSR count). The highest BCUT2D eigenvalue weighted by molar-refractivity contribution is 5.28. The minimum Gasteiger partial charge on any atom is -0.508 e. The first-order valence-electron chi connectivity index (χ1n) is 6.14. The molecule has 3 nitrogen and oxygen atoms in total. The summed E-state index contributed by atoms with van der Waals surface area (Å²) in [6.07, 6.45) is 0.613. The van der Waals surface area contributed by atoms with Gasteiger partial charge in [-0.05, 0) is 31.0 Å². The first kappa shape index (κ1) is 12.4. The smallest absolute Gasteiger partial charge is 0.115 e. The van der Waals surface area contributed by atoms with Crippen LogP contribution in [0.5, 0.6) is 5.75 Å². The van der Waals surface area contributed by atoms with E-state index in [0.717, 1.165) is 12.0 Å². The second kappa shape index (κ2) is 4.31. The number of hydrogen-bond donors (Lipinski definition) is 3. The normalized spacial score (nSPS) is 28.5. The van der Waals surface area contributed by atoms with Gasteiger partial charge in [0, 0.05) is 17.5 Å². The van der Waals surface area contributed by atoms with E-state index in [1.54, 1.807) is 12.1 Å². The predicted octanol–water partition coefficient (Wildman–Crippen LogP) is 2.20. The van der Waals surface area contributed by atoms with Crippen molar-refractivity contribution < 1.29 is 10.2 Å². The van der Waals surface area contributed by atoms with Crippen LogP contribution in [0.25, 0.3) is 0 Å². The van der Waals surface area contributed by atoms with E-state index < -0.39 is 0 Å². The lowest BCUT2D eigenvalue weighted by Crippen LogP contribution is -2.60. The van der Waals surface area contributed by atoms with Crippen LogP contribution in [0.15, 0.2) is 24.3 Å². The standard InChI is InChI=1S/C14H21NO2/c1-9(10-4-6-11(16)7-5-10)15-12-8-13(17)14(12,2)3/h4-7,9,12-13,15-17H,8H2,1-3H3. The Labute approximate surface area is 102 Å². The molecule has 3 N–H and O–H groups in total. The molecule has 0 aromatic heterocycles. The molecule has 0 aliphatic heterocycles. The van der Waals surface area contributed by atoms with Gasteiger partial charge in [0.15, 0.2) is 0 Å². The van der Waals surface area contributed by atoms with Crippen LogP contribution < -0.4 is 5.32 Å². The number of phenolic OH excluding ortho intramolecular Hbond substituents is 1. The highest BCUT2D eigenvalue weighted by Crippen LogP contribution is 2.41. The monoisotopic (exact) mass is 235 g/mol. The van der Waals surface area contributed by atoms with Gasteiger partial charge in [0.2, 0.25) is 0 Å². The molecule has 0 spiro atoms. The number of aliphatic hydroxyl groups excluding tert-OH is 1. The molecule has 0 heterocycles. The number of phenols is 1. The van der Waals surface area contributed by atoms with Gasteiger partial charge in [-0.25, -0.2) is 0 Å². The minimum absolute atomic E-state index is 0.0504. The maximum Gasteiger partial charge on any atom is 0.115 e. The fourth-order valence-electron chi connectivity index (χ4n) is 2.35. The molecule has 0 saturated heterocycles. The maximum absolute atomic E-state index is 9.69. The molecule has 3 unspecified atom stereocenters. The summed E-state index contributed by atoms with van der Waals surface area (Å²) in [6.45, 7) is 6.28. The van der Waals surface area contributed by atoms with Crippen LogP contribution in [0.3, 0.4) is 0 Å². The second-order valence-electron chi connectivity index (χ2n) is 5.61. The summed E-state index contributed by atoms with van der Waals surface area (Å²) in [5.74, 6) is 0.292. The van der Waals surface area contributed by atoms with Crippen LogP contribution in [0.2, 0.25) is 0 Å². The van der Waals surface area contributed by atoms with Crippen LogP contribution >= 0.6 is 0 Å². The molecule has 1 fully saturated rings. The summed E-state index contributed by atoms with van der Waals surface area (Å²) < 4.78 is 0. The molecule has 1 aromatic carbocycles. The summed E-state index contributed by atoms with van der Waals surface area (Å²) in [6, 6.07) is 7.83. The molecule has 3 atom stereocenters. The van der Waals surface area contributed by atoms with E-state index in [-0.39, 0.29) is 17.6 Å². The molecule has 0 bridgehead atoms. The van der Waals surface area contributed by atoms with Crippen molar-refractivity contribution >= 4 is 0 Å². The summed E-state index contributed by atoms with van der Waals surface area (Å²) in [5, 5.41) is 22.5. The van der Waals surface area contributed by atoms with Crippen molar-refractivity contribution in [2.45, 2.75) is 45.4 Å². The Morgan fingerprint density at radius 2 is 1.88 bits per heavy atom. The van der Waals surface area contributed by atoms with E-state index in [1.165, 1.54) is 0 Å². The topological polar surface area (TPSA) is 52.5 Å². The SMILES string of the molecule is CC(NC1CC(O)C1(C)C)c1ccc(O)cc1. The van der Waals surface area contributed by atoms with Crippen molar-refractivity contribution in [2.24, 2.45) is 5.41 Å². The molecular weight excluding hydrogens is 214 g/mol. The Bertz CT molecular complexity index is 386.